The zero-order valence-electron chi connectivity index (χ0n) is 14.4. The lowest BCUT2D eigenvalue weighted by Crippen LogP contribution is -2.45. The van der Waals surface area contributed by atoms with Gasteiger partial charge in [0.15, 0.2) is 0 Å². The normalized spacial score (nSPS) is 19.1. The number of carbonyl (C=O) groups is 3. The number of aliphatic hydroxyl groups excluding tert-OH is 1. The van der Waals surface area contributed by atoms with E-state index < -0.39 is 18.2 Å². The summed E-state index contributed by atoms with van der Waals surface area (Å²) >= 11 is 0. The summed E-state index contributed by atoms with van der Waals surface area (Å²) in [5.41, 5.74) is 0.982. The fourth-order valence-corrected chi connectivity index (χ4v) is 2.46. The van der Waals surface area contributed by atoms with E-state index in [4.69, 9.17) is 9.90 Å². The summed E-state index contributed by atoms with van der Waals surface area (Å²) in [6.07, 6.45) is -1.05. The molecule has 3 N–H and O–H groups in total. The highest BCUT2D eigenvalue weighted by Gasteiger charge is 2.38. The van der Waals surface area contributed by atoms with E-state index in [2.05, 4.69) is 10.3 Å². The fourth-order valence-electron chi connectivity index (χ4n) is 2.46. The van der Waals surface area contributed by atoms with Crippen molar-refractivity contribution in [1.29, 1.82) is 0 Å². The van der Waals surface area contributed by atoms with Crippen LogP contribution in [0.2, 0.25) is 0 Å². The second-order valence-electron chi connectivity index (χ2n) is 5.79. The minimum absolute atomic E-state index is 0.0222. The molecule has 0 aromatic carbocycles. The Bertz CT molecular complexity index is 654. The van der Waals surface area contributed by atoms with Gasteiger partial charge in [-0.05, 0) is 24.5 Å². The van der Waals surface area contributed by atoms with Crippen LogP contribution in [0.15, 0.2) is 24.5 Å². The van der Waals surface area contributed by atoms with E-state index in [-0.39, 0.29) is 24.4 Å². The SMILES string of the molecule is CC(=O)NCC(=O)N1CC[C@H](O)[C@@H]1Cc1cccnc1.O=C(O)C(F)(F)F. The van der Waals surface area contributed by atoms with Crippen LogP contribution in [-0.2, 0) is 20.8 Å². The molecule has 2 heterocycles. The first-order valence-corrected chi connectivity index (χ1v) is 7.93. The Balaban J connectivity index is 0.000000445. The predicted molar refractivity (Wildman–Crippen MR) is 86.4 cm³/mol. The maximum absolute atomic E-state index is 12.1. The van der Waals surface area contributed by atoms with Gasteiger partial charge in [0.25, 0.3) is 0 Å². The predicted octanol–water partition coefficient (Wildman–Crippen LogP) is 0.355. The van der Waals surface area contributed by atoms with Crippen molar-refractivity contribution in [1.82, 2.24) is 15.2 Å². The zero-order valence-corrected chi connectivity index (χ0v) is 14.4. The minimum Gasteiger partial charge on any atom is -0.475 e. The van der Waals surface area contributed by atoms with Crippen LogP contribution < -0.4 is 5.32 Å². The first kappa shape index (κ1) is 22.4. The highest BCUT2D eigenvalue weighted by atomic mass is 19.4. The number of likely N-dealkylation sites (tertiary alicyclic amines) is 1. The van der Waals surface area contributed by atoms with Crippen molar-refractivity contribution in [2.24, 2.45) is 0 Å². The molecule has 0 saturated carbocycles. The van der Waals surface area contributed by atoms with E-state index in [9.17, 15) is 27.9 Å². The third-order valence-corrected chi connectivity index (χ3v) is 3.73. The van der Waals surface area contributed by atoms with Crippen molar-refractivity contribution in [3.05, 3.63) is 30.1 Å². The lowest BCUT2D eigenvalue weighted by Gasteiger charge is -2.26. The molecule has 0 bridgehead atoms. The van der Waals surface area contributed by atoms with E-state index in [1.54, 1.807) is 17.3 Å². The Labute approximate surface area is 153 Å². The van der Waals surface area contributed by atoms with Crippen LogP contribution >= 0.6 is 0 Å². The summed E-state index contributed by atoms with van der Waals surface area (Å²) in [6, 6.07) is 3.51. The van der Waals surface area contributed by atoms with Crippen molar-refractivity contribution < 1.29 is 37.8 Å². The van der Waals surface area contributed by atoms with Crippen molar-refractivity contribution in [2.45, 2.75) is 38.1 Å². The average Bonchev–Trinajstić information content (AvgIpc) is 2.94. The molecular formula is C16H20F3N3O5. The van der Waals surface area contributed by atoms with E-state index in [0.29, 0.717) is 19.4 Å². The Morgan fingerprint density at radius 1 is 1.37 bits per heavy atom. The first-order valence-electron chi connectivity index (χ1n) is 7.93. The van der Waals surface area contributed by atoms with E-state index in [0.717, 1.165) is 5.56 Å². The molecule has 1 aromatic heterocycles. The van der Waals surface area contributed by atoms with Gasteiger partial charge in [0, 0.05) is 25.9 Å². The number of hydrogen-bond donors (Lipinski definition) is 3. The van der Waals surface area contributed by atoms with Gasteiger partial charge >= 0.3 is 12.1 Å². The summed E-state index contributed by atoms with van der Waals surface area (Å²) in [6.45, 7) is 1.87. The molecule has 1 aromatic rings. The number of aromatic nitrogens is 1. The lowest BCUT2D eigenvalue weighted by atomic mass is 10.0. The Morgan fingerprint density at radius 3 is 2.48 bits per heavy atom. The number of amides is 2. The number of nitrogens with one attached hydrogen (secondary N) is 1. The molecule has 27 heavy (non-hydrogen) atoms. The first-order chi connectivity index (χ1) is 12.5. The third kappa shape index (κ3) is 7.60. The van der Waals surface area contributed by atoms with Crippen molar-refractivity contribution in [2.75, 3.05) is 13.1 Å². The molecule has 11 heteroatoms. The maximum Gasteiger partial charge on any atom is 0.490 e. The summed E-state index contributed by atoms with van der Waals surface area (Å²) in [5, 5.41) is 19.7. The van der Waals surface area contributed by atoms with Gasteiger partial charge in [0.05, 0.1) is 18.7 Å². The van der Waals surface area contributed by atoms with Gasteiger partial charge in [-0.25, -0.2) is 4.79 Å². The van der Waals surface area contributed by atoms with Gasteiger partial charge in [-0.1, -0.05) is 6.07 Å². The molecule has 0 spiro atoms. The number of hydrogen-bond acceptors (Lipinski definition) is 5. The van der Waals surface area contributed by atoms with Crippen molar-refractivity contribution >= 4 is 17.8 Å². The van der Waals surface area contributed by atoms with Crippen LogP contribution in [0.3, 0.4) is 0 Å². The summed E-state index contributed by atoms with van der Waals surface area (Å²) in [5.74, 6) is -3.15. The summed E-state index contributed by atoms with van der Waals surface area (Å²) < 4.78 is 31.7. The van der Waals surface area contributed by atoms with Gasteiger partial charge in [-0.15, -0.1) is 0 Å². The quantitative estimate of drug-likeness (QED) is 0.682. The number of rotatable bonds is 4. The molecule has 1 aliphatic rings. The highest BCUT2D eigenvalue weighted by Crippen LogP contribution is 2.21. The number of carboxylic acids is 1. The number of halogens is 3. The largest absolute Gasteiger partial charge is 0.490 e. The van der Waals surface area contributed by atoms with Crippen LogP contribution in [0.5, 0.6) is 0 Å². The molecule has 0 unspecified atom stereocenters. The maximum atomic E-state index is 12.1. The second kappa shape index (κ2) is 9.86. The molecule has 2 atom stereocenters. The van der Waals surface area contributed by atoms with Gasteiger partial charge in [0.1, 0.15) is 0 Å². The number of alkyl halides is 3. The number of pyridine rings is 1. The molecule has 1 saturated heterocycles. The molecule has 2 amide bonds. The second-order valence-corrected chi connectivity index (χ2v) is 5.79. The minimum atomic E-state index is -5.08. The molecule has 1 fully saturated rings. The Kier molecular flexibility index (Phi) is 8.16. The van der Waals surface area contributed by atoms with E-state index in [1.807, 2.05) is 12.1 Å². The van der Waals surface area contributed by atoms with Crippen molar-refractivity contribution in [3.8, 4) is 0 Å². The van der Waals surface area contributed by atoms with E-state index >= 15 is 0 Å². The summed E-state index contributed by atoms with van der Waals surface area (Å²) in [4.78, 5) is 37.5. The van der Waals surface area contributed by atoms with Crippen LogP contribution in [-0.4, -0.2) is 69.3 Å². The monoisotopic (exact) mass is 391 g/mol. The molecule has 0 radical (unpaired) electrons. The van der Waals surface area contributed by atoms with Gasteiger partial charge < -0.3 is 20.4 Å². The zero-order chi connectivity index (χ0) is 20.6. The lowest BCUT2D eigenvalue weighted by molar-refractivity contribution is -0.192. The molecule has 0 aliphatic carbocycles. The molecule has 8 nitrogen and oxygen atoms in total. The molecule has 2 rings (SSSR count). The van der Waals surface area contributed by atoms with Crippen LogP contribution in [0, 0.1) is 0 Å². The van der Waals surface area contributed by atoms with Crippen LogP contribution in [0.4, 0.5) is 13.2 Å². The smallest absolute Gasteiger partial charge is 0.475 e. The number of aliphatic carboxylic acids is 1. The number of nitrogens with zero attached hydrogens (tertiary/aromatic N) is 2. The third-order valence-electron chi connectivity index (χ3n) is 3.73. The Morgan fingerprint density at radius 2 is 2.00 bits per heavy atom. The summed E-state index contributed by atoms with van der Waals surface area (Å²) in [7, 11) is 0. The number of carbonyl (C=O) groups excluding carboxylic acids is 2. The highest BCUT2D eigenvalue weighted by molar-refractivity contribution is 5.84. The fraction of sp³-hybridized carbons (Fsp3) is 0.500. The molecule has 1 aliphatic heterocycles. The number of carboxylic acid groups (broad SMARTS) is 1. The van der Waals surface area contributed by atoms with Gasteiger partial charge in [-0.3, -0.25) is 14.6 Å². The van der Waals surface area contributed by atoms with Crippen LogP contribution in [0.1, 0.15) is 18.9 Å². The van der Waals surface area contributed by atoms with Gasteiger partial charge in [0.2, 0.25) is 11.8 Å². The van der Waals surface area contributed by atoms with Gasteiger partial charge in [-0.2, -0.15) is 13.2 Å². The average molecular weight is 391 g/mol. The number of aliphatic hydroxyl groups is 1. The molecular weight excluding hydrogens is 371 g/mol. The van der Waals surface area contributed by atoms with E-state index in [1.165, 1.54) is 6.92 Å². The van der Waals surface area contributed by atoms with Crippen LogP contribution in [0.25, 0.3) is 0 Å². The Hall–Kier alpha value is -2.69. The topological polar surface area (TPSA) is 120 Å². The molecule has 150 valence electrons. The van der Waals surface area contributed by atoms with Crippen molar-refractivity contribution in [3.63, 3.8) is 0 Å². The standard InChI is InChI=1S/C14H19N3O3.C2HF3O2/c1-10(18)16-9-14(20)17-6-4-13(19)12(17)7-11-3-2-5-15-8-11;3-2(4,5)1(6)7/h2-3,5,8,12-13,19H,4,6-7,9H2,1H3,(H,16,18);(H,6,7)/t12-,13-;/m0./s1.